The van der Waals surface area contributed by atoms with Crippen LogP contribution in [-0.2, 0) is 14.3 Å². The van der Waals surface area contributed by atoms with Gasteiger partial charge in [0.25, 0.3) is 0 Å². The van der Waals surface area contributed by atoms with Crippen molar-refractivity contribution in [3.05, 3.63) is 36.5 Å². The first-order valence-electron chi connectivity index (χ1n) is 25.8. The minimum atomic E-state index is -0.678. The van der Waals surface area contributed by atoms with Crippen molar-refractivity contribution in [2.45, 2.75) is 276 Å². The maximum atomic E-state index is 12.4. The average Bonchev–Trinajstić information content (AvgIpc) is 3.24. The summed E-state index contributed by atoms with van der Waals surface area (Å²) in [5.41, 5.74) is 0. The number of unbranched alkanes of at least 4 members (excludes halogenated alkanes) is 31. The number of aliphatic hydroxyl groups is 2. The smallest absolute Gasteiger partial charge is 0.305 e. The minimum Gasteiger partial charge on any atom is -0.466 e. The third-order valence-corrected chi connectivity index (χ3v) is 11.7. The number of carbonyl (C=O) groups is 2. The van der Waals surface area contributed by atoms with E-state index in [1.165, 1.54) is 154 Å². The fourth-order valence-corrected chi connectivity index (χ4v) is 7.68. The number of carbonyl (C=O) groups excluding carboxylic acids is 2. The number of ether oxygens (including phenoxy) is 1. The van der Waals surface area contributed by atoms with Gasteiger partial charge in [0.15, 0.2) is 0 Å². The summed E-state index contributed by atoms with van der Waals surface area (Å²) in [5.74, 6) is -0.0895. The van der Waals surface area contributed by atoms with Crippen molar-refractivity contribution in [3.8, 4) is 0 Å². The highest BCUT2D eigenvalue weighted by Gasteiger charge is 2.20. The van der Waals surface area contributed by atoms with Crippen LogP contribution in [0.15, 0.2) is 36.5 Å². The van der Waals surface area contributed by atoms with Crippen LogP contribution in [0.2, 0.25) is 0 Å². The second-order valence-corrected chi connectivity index (χ2v) is 17.5. The summed E-state index contributed by atoms with van der Waals surface area (Å²) in [6.45, 7) is 4.87. The summed E-state index contributed by atoms with van der Waals surface area (Å²) < 4.78 is 5.43. The van der Waals surface area contributed by atoms with Crippen LogP contribution in [0.25, 0.3) is 0 Å². The fraction of sp³-hybridized carbons (Fsp3) is 0.849. The van der Waals surface area contributed by atoms with Crippen molar-refractivity contribution in [1.82, 2.24) is 5.32 Å². The van der Waals surface area contributed by atoms with E-state index in [1.54, 1.807) is 0 Å². The van der Waals surface area contributed by atoms with Crippen LogP contribution in [0.1, 0.15) is 264 Å². The molecule has 0 aromatic rings. The van der Waals surface area contributed by atoms with Crippen LogP contribution in [-0.4, -0.2) is 47.4 Å². The normalized spacial score (nSPS) is 12.9. The first-order valence-corrected chi connectivity index (χ1v) is 25.8. The number of amides is 1. The predicted octanol–water partition coefficient (Wildman–Crippen LogP) is 15.3. The molecule has 0 aliphatic heterocycles. The minimum absolute atomic E-state index is 0.0308. The molecule has 0 aromatic carbocycles. The van der Waals surface area contributed by atoms with Crippen LogP contribution in [0.3, 0.4) is 0 Å². The molecular weight excluding hydrogens is 731 g/mol. The molecule has 0 rings (SSSR count). The Kier molecular flexibility index (Phi) is 47.2. The highest BCUT2D eigenvalue weighted by molar-refractivity contribution is 5.76. The monoisotopic (exact) mass is 830 g/mol. The maximum absolute atomic E-state index is 12.4. The van der Waals surface area contributed by atoms with Crippen molar-refractivity contribution in [2.75, 3.05) is 13.2 Å². The number of hydrogen-bond acceptors (Lipinski definition) is 5. The molecule has 6 nitrogen and oxygen atoms in total. The van der Waals surface area contributed by atoms with Gasteiger partial charge in [-0.1, -0.05) is 204 Å². The Morgan fingerprint density at radius 2 is 0.847 bits per heavy atom. The molecule has 0 saturated carbocycles. The molecule has 2 atom stereocenters. The van der Waals surface area contributed by atoms with Gasteiger partial charge >= 0.3 is 5.97 Å². The molecule has 1 amide bonds. The summed E-state index contributed by atoms with van der Waals surface area (Å²) in [7, 11) is 0. The molecule has 3 N–H and O–H groups in total. The molecule has 0 aliphatic carbocycles. The first-order chi connectivity index (χ1) is 29.0. The highest BCUT2D eigenvalue weighted by atomic mass is 16.5. The lowest BCUT2D eigenvalue weighted by atomic mass is 10.0. The van der Waals surface area contributed by atoms with Gasteiger partial charge in [0.1, 0.15) is 0 Å². The zero-order valence-electron chi connectivity index (χ0n) is 39.2. The largest absolute Gasteiger partial charge is 0.466 e. The van der Waals surface area contributed by atoms with Crippen molar-refractivity contribution in [1.29, 1.82) is 0 Å². The van der Waals surface area contributed by atoms with Gasteiger partial charge in [-0.2, -0.15) is 0 Å². The van der Waals surface area contributed by atoms with Crippen molar-refractivity contribution in [3.63, 3.8) is 0 Å². The molecule has 6 heteroatoms. The standard InChI is InChI=1S/C53H99NO5/c1-3-5-7-9-11-13-15-17-23-27-31-35-39-43-47-53(58)59-48-44-40-36-32-28-24-20-18-19-22-26-30-34-38-42-46-52(57)54-50(49-55)51(56)45-41-37-33-29-25-21-16-14-12-10-8-6-4-2/h15,17-18,20,24,28,50-51,55-56H,3-14,16,19,21-23,25-27,29-49H2,1-2H3,(H,54,57)/b17-15-,20-18-,28-24-. The van der Waals surface area contributed by atoms with Crippen molar-refractivity contribution in [2.24, 2.45) is 0 Å². The summed E-state index contributed by atoms with van der Waals surface area (Å²) >= 11 is 0. The average molecular weight is 830 g/mol. The van der Waals surface area contributed by atoms with E-state index < -0.39 is 12.1 Å². The summed E-state index contributed by atoms with van der Waals surface area (Å²) in [6, 6.07) is -0.557. The first kappa shape index (κ1) is 57.1. The maximum Gasteiger partial charge on any atom is 0.305 e. The molecule has 0 radical (unpaired) electrons. The van der Waals surface area contributed by atoms with Crippen molar-refractivity contribution < 1.29 is 24.5 Å². The van der Waals surface area contributed by atoms with E-state index in [1.807, 2.05) is 0 Å². The third kappa shape index (κ3) is 45.4. The Hall–Kier alpha value is -1.92. The van der Waals surface area contributed by atoms with Crippen LogP contribution in [0.4, 0.5) is 0 Å². The second-order valence-electron chi connectivity index (χ2n) is 17.5. The van der Waals surface area contributed by atoms with Gasteiger partial charge in [-0.15, -0.1) is 0 Å². The molecule has 0 spiro atoms. The molecule has 0 aromatic heterocycles. The molecule has 2 unspecified atom stereocenters. The van der Waals surface area contributed by atoms with Gasteiger partial charge in [-0.25, -0.2) is 0 Å². The van der Waals surface area contributed by atoms with E-state index in [0.717, 1.165) is 77.0 Å². The van der Waals surface area contributed by atoms with Crippen LogP contribution in [0.5, 0.6) is 0 Å². The van der Waals surface area contributed by atoms with Crippen LogP contribution >= 0.6 is 0 Å². The van der Waals surface area contributed by atoms with Gasteiger partial charge in [0.05, 0.1) is 25.4 Å². The molecule has 0 fully saturated rings. The molecule has 0 saturated heterocycles. The number of rotatable bonds is 47. The van der Waals surface area contributed by atoms with Crippen molar-refractivity contribution >= 4 is 11.9 Å². The Morgan fingerprint density at radius 1 is 0.475 bits per heavy atom. The zero-order chi connectivity index (χ0) is 43.0. The second kappa shape index (κ2) is 48.7. The lowest BCUT2D eigenvalue weighted by Gasteiger charge is -2.22. The topological polar surface area (TPSA) is 95.9 Å². The number of allylic oxidation sites excluding steroid dienone is 6. The van der Waals surface area contributed by atoms with Gasteiger partial charge in [-0.3, -0.25) is 9.59 Å². The summed E-state index contributed by atoms with van der Waals surface area (Å²) in [5, 5.41) is 23.2. The highest BCUT2D eigenvalue weighted by Crippen LogP contribution is 2.15. The van der Waals surface area contributed by atoms with Crippen LogP contribution < -0.4 is 5.32 Å². The number of hydrogen-bond donors (Lipinski definition) is 3. The number of aliphatic hydroxyl groups excluding tert-OH is 2. The van der Waals surface area contributed by atoms with E-state index in [2.05, 4.69) is 55.6 Å². The molecule has 0 bridgehead atoms. The lowest BCUT2D eigenvalue weighted by Crippen LogP contribution is -2.45. The molecule has 346 valence electrons. The van der Waals surface area contributed by atoms with Gasteiger partial charge in [-0.05, 0) is 83.5 Å². The Bertz CT molecular complexity index is 962. The SMILES string of the molecule is CCCCCCC/C=C\CCCCCCCC(=O)OCCCCC/C=C\C=C/CCCCCCCCC(=O)NC(CO)C(O)CCCCCCCCCCCCCCC. The molecule has 59 heavy (non-hydrogen) atoms. The number of esters is 1. The van der Waals surface area contributed by atoms with E-state index in [9.17, 15) is 19.8 Å². The van der Waals surface area contributed by atoms with Gasteiger partial charge in [0, 0.05) is 12.8 Å². The van der Waals surface area contributed by atoms with E-state index in [0.29, 0.717) is 25.9 Å². The van der Waals surface area contributed by atoms with Gasteiger partial charge < -0.3 is 20.3 Å². The fourth-order valence-electron chi connectivity index (χ4n) is 7.68. The molecule has 0 heterocycles. The van der Waals surface area contributed by atoms with E-state index in [4.69, 9.17) is 4.74 Å². The summed E-state index contributed by atoms with van der Waals surface area (Å²) in [6.07, 6.45) is 58.3. The number of nitrogens with one attached hydrogen (secondary N) is 1. The summed E-state index contributed by atoms with van der Waals surface area (Å²) in [4.78, 5) is 24.4. The molecular formula is C53H99NO5. The van der Waals surface area contributed by atoms with E-state index >= 15 is 0 Å². The van der Waals surface area contributed by atoms with Gasteiger partial charge in [0.2, 0.25) is 5.91 Å². The predicted molar refractivity (Wildman–Crippen MR) is 255 cm³/mol. The Morgan fingerprint density at radius 3 is 1.31 bits per heavy atom. The van der Waals surface area contributed by atoms with Crippen LogP contribution in [0, 0.1) is 0 Å². The zero-order valence-corrected chi connectivity index (χ0v) is 39.2. The van der Waals surface area contributed by atoms with E-state index in [-0.39, 0.29) is 18.5 Å². The Labute approximate surface area is 366 Å². The molecule has 0 aliphatic rings. The lowest BCUT2D eigenvalue weighted by molar-refractivity contribution is -0.143. The third-order valence-electron chi connectivity index (χ3n) is 11.7. The Balaban J connectivity index is 3.53. The quantitative estimate of drug-likeness (QED) is 0.0246.